The van der Waals surface area contributed by atoms with Crippen LogP contribution < -0.4 is 26.8 Å². The van der Waals surface area contributed by atoms with Crippen LogP contribution in [0, 0.1) is 116 Å². The molecule has 4 aromatic rings. The summed E-state index contributed by atoms with van der Waals surface area (Å²) in [6.45, 7) is 4.56. The van der Waals surface area contributed by atoms with Crippen LogP contribution in [0.3, 0.4) is 0 Å². The highest BCUT2D eigenvalue weighted by atomic mass is 19.2. The van der Waals surface area contributed by atoms with Gasteiger partial charge < -0.3 is 4.90 Å². The van der Waals surface area contributed by atoms with Gasteiger partial charge in [-0.25, -0.2) is 87.8 Å². The lowest BCUT2D eigenvalue weighted by Gasteiger charge is -2.44. The summed E-state index contributed by atoms with van der Waals surface area (Å²) in [6, 6.07) is 0.838. The van der Waals surface area contributed by atoms with Gasteiger partial charge in [0.1, 0.15) is 52.7 Å². The molecule has 0 heterocycles. The van der Waals surface area contributed by atoms with Crippen LogP contribution >= 0.6 is 0 Å². The molecule has 4 rings (SSSR count). The minimum atomic E-state index is -7.22. The lowest BCUT2D eigenvalue weighted by molar-refractivity contribution is -0.883. The molecule has 1 nitrogen and oxygen atoms in total. The second kappa shape index (κ2) is 16.1. The van der Waals surface area contributed by atoms with Crippen molar-refractivity contribution in [2.75, 3.05) is 14.1 Å². The second-order valence-electron chi connectivity index (χ2n) is 11.9. The lowest BCUT2D eigenvalue weighted by Crippen LogP contribution is -3.09. The van der Waals surface area contributed by atoms with Crippen LogP contribution in [0.2, 0.25) is 0 Å². The highest BCUT2D eigenvalue weighted by molar-refractivity contribution is 7.20. The smallest absolute Gasteiger partial charge is 0.200 e. The van der Waals surface area contributed by atoms with Gasteiger partial charge in [0.15, 0.2) is 69.8 Å². The van der Waals surface area contributed by atoms with Gasteiger partial charge in [-0.1, -0.05) is 13.3 Å². The number of rotatable bonds is 8. The number of quaternary nitrogens is 1. The molecule has 0 spiro atoms. The first-order valence-corrected chi connectivity index (χ1v) is 14.9. The Hall–Kier alpha value is -4.50. The van der Waals surface area contributed by atoms with Crippen molar-refractivity contribution in [2.45, 2.75) is 39.2 Å². The van der Waals surface area contributed by atoms with Crippen molar-refractivity contribution in [1.82, 2.24) is 0 Å². The molecule has 0 aliphatic heterocycles. The Kier molecular flexibility index (Phi) is 13.1. The Balaban J connectivity index is 0.000000772. The van der Waals surface area contributed by atoms with Crippen molar-refractivity contribution in [3.05, 3.63) is 116 Å². The van der Waals surface area contributed by atoms with E-state index in [-0.39, 0.29) is 0 Å². The Morgan fingerprint density at radius 1 is 0.352 bits per heavy atom. The zero-order valence-electron chi connectivity index (χ0n) is 27.3. The van der Waals surface area contributed by atoms with Gasteiger partial charge in [-0.05, 0) is 19.8 Å². The van der Waals surface area contributed by atoms with E-state index in [1.54, 1.807) is 4.90 Å². The van der Waals surface area contributed by atoms with E-state index in [1.165, 1.54) is 19.3 Å². The van der Waals surface area contributed by atoms with E-state index in [9.17, 15) is 52.7 Å². The number of hydrogen-bond donors (Lipinski definition) is 1. The van der Waals surface area contributed by atoms with E-state index in [4.69, 9.17) is 0 Å². The summed E-state index contributed by atoms with van der Waals surface area (Å²) < 4.78 is 294. The summed E-state index contributed by atoms with van der Waals surface area (Å²) in [5.74, 6) is -71.4. The molecule has 22 heteroatoms. The maximum atomic E-state index is 15.4. The van der Waals surface area contributed by atoms with Crippen LogP contribution in [0.4, 0.5) is 87.8 Å². The molecule has 1 unspecified atom stereocenters. The molecule has 296 valence electrons. The lowest BCUT2D eigenvalue weighted by atomic mass is 9.12. The first-order chi connectivity index (χ1) is 24.9. The number of benzene rings is 4. The quantitative estimate of drug-likeness (QED) is 0.0892. The number of unbranched alkanes of at least 4 members (excludes halogenated alkanes) is 1. The molecule has 0 bridgehead atoms. The molecular formula is C32H20BF20N. The molecule has 0 radical (unpaired) electrons. The van der Waals surface area contributed by atoms with Crippen molar-refractivity contribution in [3.63, 3.8) is 0 Å². The second-order valence-corrected chi connectivity index (χ2v) is 11.9. The van der Waals surface area contributed by atoms with Gasteiger partial charge >= 0.3 is 0 Å². The fraction of sp³-hybridized carbons (Fsp3) is 0.250. The van der Waals surface area contributed by atoms with Crippen LogP contribution in [0.1, 0.15) is 33.1 Å². The standard InChI is InChI=1S/C24BF20.C8H19N/c26-5-1(6(27)14(35)21(42)13(5)34)25(2-7(28)15(36)22(43)16(37)8(2)29,3-9(30)17(38)23(44)18(39)10(3)31)4-11(32)19(40)24(45)20(41)12(4)33;1-5-6-7-8(2)9(3)4/h;8H,5-7H2,1-4H3/q-1;/p+1. The molecule has 0 saturated carbocycles. The third-order valence-corrected chi connectivity index (χ3v) is 8.68. The first kappa shape index (κ1) is 43.9. The number of nitrogens with one attached hydrogen (secondary N) is 1. The van der Waals surface area contributed by atoms with Crippen molar-refractivity contribution in [1.29, 1.82) is 0 Å². The summed E-state index contributed by atoms with van der Waals surface area (Å²) in [5.41, 5.74) is -14.3. The van der Waals surface area contributed by atoms with Crippen molar-refractivity contribution < 1.29 is 92.7 Å². The third-order valence-electron chi connectivity index (χ3n) is 8.68. The molecule has 0 fully saturated rings. The molecule has 0 aliphatic rings. The van der Waals surface area contributed by atoms with Gasteiger partial charge in [-0.15, -0.1) is 21.9 Å². The molecule has 54 heavy (non-hydrogen) atoms. The molecule has 4 aromatic carbocycles. The van der Waals surface area contributed by atoms with Gasteiger partial charge in [-0.2, -0.15) is 0 Å². The van der Waals surface area contributed by atoms with Crippen molar-refractivity contribution in [2.24, 2.45) is 0 Å². The molecule has 0 saturated heterocycles. The van der Waals surface area contributed by atoms with Gasteiger partial charge in [-0.3, -0.25) is 0 Å². The van der Waals surface area contributed by atoms with Crippen LogP contribution in [-0.2, 0) is 0 Å². The molecule has 0 aromatic heterocycles. The topological polar surface area (TPSA) is 4.44 Å². The van der Waals surface area contributed by atoms with Gasteiger partial charge in [0.2, 0.25) is 0 Å². The third kappa shape index (κ3) is 6.74. The van der Waals surface area contributed by atoms with Crippen molar-refractivity contribution >= 4 is 28.0 Å². The fourth-order valence-electron chi connectivity index (χ4n) is 5.67. The summed E-state index contributed by atoms with van der Waals surface area (Å²) in [5, 5.41) is 0. The molecule has 0 amide bonds. The predicted molar refractivity (Wildman–Crippen MR) is 151 cm³/mol. The monoisotopic (exact) mass is 809 g/mol. The van der Waals surface area contributed by atoms with E-state index in [0.29, 0.717) is 0 Å². The largest absolute Gasteiger partial charge is 0.338 e. The van der Waals surface area contributed by atoms with Crippen LogP contribution in [0.15, 0.2) is 0 Å². The fourth-order valence-corrected chi connectivity index (χ4v) is 5.67. The van der Waals surface area contributed by atoms with Gasteiger partial charge in [0.25, 0.3) is 0 Å². The Morgan fingerprint density at radius 3 is 0.667 bits per heavy atom. The highest BCUT2D eigenvalue weighted by Crippen LogP contribution is 2.30. The Bertz CT molecular complexity index is 1740. The SMILES string of the molecule is CCCCC(C)[NH+](C)C.Fc1c(F)c(F)c([B-](c2c(F)c(F)c(F)c(F)c2F)(c2c(F)c(F)c(F)c(F)c2F)c2c(F)c(F)c(F)c(F)c2F)c(F)c1F. The summed E-state index contributed by atoms with van der Waals surface area (Å²) >= 11 is 0. The van der Waals surface area contributed by atoms with Crippen LogP contribution in [0.5, 0.6) is 0 Å². The summed E-state index contributed by atoms with van der Waals surface area (Å²) in [7, 11) is 4.45. The van der Waals surface area contributed by atoms with Crippen LogP contribution in [-0.4, -0.2) is 26.3 Å². The molecule has 0 aliphatic carbocycles. The van der Waals surface area contributed by atoms with Crippen molar-refractivity contribution in [3.8, 4) is 0 Å². The zero-order valence-corrected chi connectivity index (χ0v) is 27.3. The maximum Gasteiger partial charge on any atom is 0.200 e. The molecular weight excluding hydrogens is 789 g/mol. The van der Waals surface area contributed by atoms with Crippen LogP contribution in [0.25, 0.3) is 0 Å². The Labute approximate surface area is 290 Å². The van der Waals surface area contributed by atoms with Gasteiger partial charge in [0.05, 0.1) is 20.1 Å². The summed E-state index contributed by atoms with van der Waals surface area (Å²) in [6.07, 6.45) is -3.13. The van der Waals surface area contributed by atoms with E-state index in [1.807, 2.05) is 0 Å². The predicted octanol–water partition coefficient (Wildman–Crippen LogP) is 6.56. The average Bonchev–Trinajstić information content (AvgIpc) is 3.13. The zero-order chi connectivity index (χ0) is 41.6. The molecule has 1 N–H and O–H groups in total. The maximum absolute atomic E-state index is 15.4. The average molecular weight is 809 g/mol. The minimum Gasteiger partial charge on any atom is -0.338 e. The first-order valence-electron chi connectivity index (χ1n) is 14.9. The summed E-state index contributed by atoms with van der Waals surface area (Å²) in [4.78, 5) is 1.57. The highest BCUT2D eigenvalue weighted by Gasteiger charge is 2.52. The Morgan fingerprint density at radius 2 is 0.519 bits per heavy atom. The minimum absolute atomic E-state index is 0.838. The van der Waals surface area contributed by atoms with Gasteiger partial charge in [0, 0.05) is 0 Å². The number of halogens is 20. The number of hydrogen-bond acceptors (Lipinski definition) is 0. The van der Waals surface area contributed by atoms with E-state index >= 15 is 35.1 Å². The van der Waals surface area contributed by atoms with E-state index < -0.39 is 144 Å². The van der Waals surface area contributed by atoms with E-state index in [2.05, 4.69) is 27.9 Å². The van der Waals surface area contributed by atoms with E-state index in [0.717, 1.165) is 6.04 Å². The molecule has 1 atom stereocenters. The normalized spacial score (nSPS) is 12.4.